The molecule has 3 rings (SSSR count). The molecule has 0 spiro atoms. The van der Waals surface area contributed by atoms with Gasteiger partial charge in [0.05, 0.1) is 6.54 Å². The third kappa shape index (κ3) is 1.84. The summed E-state index contributed by atoms with van der Waals surface area (Å²) in [7, 11) is 0. The number of hydrogen-bond acceptors (Lipinski definition) is 2. The molecule has 2 heterocycles. The number of furan rings is 1. The molecular formula is C15H13NO2. The van der Waals surface area contributed by atoms with Gasteiger partial charge in [0, 0.05) is 11.7 Å². The number of nitrogens with zero attached hydrogens (tertiary/aromatic N) is 1. The molecule has 0 fully saturated rings. The molecule has 0 aliphatic heterocycles. The number of benzene rings is 1. The van der Waals surface area contributed by atoms with Gasteiger partial charge in [-0.2, -0.15) is 0 Å². The highest BCUT2D eigenvalue weighted by molar-refractivity contribution is 5.80. The smallest absolute Gasteiger partial charge is 0.185 e. The van der Waals surface area contributed by atoms with Crippen molar-refractivity contribution in [3.8, 4) is 0 Å². The van der Waals surface area contributed by atoms with Crippen molar-refractivity contribution in [2.75, 3.05) is 0 Å². The Morgan fingerprint density at radius 3 is 2.89 bits per heavy atom. The molecule has 0 bridgehead atoms. The SMILES string of the molecule is Cc1ccc2c(ccn2Cc2ccc(C=O)o2)c1. The summed E-state index contributed by atoms with van der Waals surface area (Å²) in [6.07, 6.45) is 2.76. The van der Waals surface area contributed by atoms with Gasteiger partial charge in [-0.05, 0) is 42.6 Å². The summed E-state index contributed by atoms with van der Waals surface area (Å²) in [5.74, 6) is 1.16. The van der Waals surface area contributed by atoms with Crippen molar-refractivity contribution >= 4 is 17.2 Å². The quantitative estimate of drug-likeness (QED) is 0.656. The first kappa shape index (κ1) is 10.8. The summed E-state index contributed by atoms with van der Waals surface area (Å²) < 4.78 is 7.50. The fourth-order valence-electron chi connectivity index (χ4n) is 2.17. The van der Waals surface area contributed by atoms with Crippen LogP contribution in [-0.4, -0.2) is 10.9 Å². The maximum absolute atomic E-state index is 10.6. The largest absolute Gasteiger partial charge is 0.456 e. The summed E-state index contributed by atoms with van der Waals surface area (Å²) >= 11 is 0. The number of rotatable bonds is 3. The number of fused-ring (bicyclic) bond motifs is 1. The van der Waals surface area contributed by atoms with Crippen molar-refractivity contribution in [3.63, 3.8) is 0 Å². The lowest BCUT2D eigenvalue weighted by molar-refractivity contribution is 0.109. The molecule has 0 unspecified atom stereocenters. The van der Waals surface area contributed by atoms with Crippen LogP contribution in [-0.2, 0) is 6.54 Å². The monoisotopic (exact) mass is 239 g/mol. The molecule has 0 aliphatic carbocycles. The van der Waals surface area contributed by atoms with E-state index in [2.05, 4.69) is 35.8 Å². The molecule has 18 heavy (non-hydrogen) atoms. The third-order valence-corrected chi connectivity index (χ3v) is 3.05. The van der Waals surface area contributed by atoms with Gasteiger partial charge in [0.15, 0.2) is 12.0 Å². The van der Waals surface area contributed by atoms with Crippen molar-refractivity contribution < 1.29 is 9.21 Å². The van der Waals surface area contributed by atoms with E-state index in [0.717, 1.165) is 12.0 Å². The summed E-state index contributed by atoms with van der Waals surface area (Å²) in [5.41, 5.74) is 2.42. The van der Waals surface area contributed by atoms with E-state index in [0.29, 0.717) is 12.3 Å². The van der Waals surface area contributed by atoms with Crippen LogP contribution < -0.4 is 0 Å². The summed E-state index contributed by atoms with van der Waals surface area (Å²) in [6, 6.07) is 12.0. The van der Waals surface area contributed by atoms with E-state index in [1.807, 2.05) is 12.3 Å². The number of carbonyl (C=O) groups is 1. The highest BCUT2D eigenvalue weighted by Crippen LogP contribution is 2.19. The maximum atomic E-state index is 10.6. The van der Waals surface area contributed by atoms with E-state index >= 15 is 0 Å². The molecule has 0 aliphatic rings. The minimum absolute atomic E-state index is 0.373. The van der Waals surface area contributed by atoms with E-state index < -0.39 is 0 Å². The molecule has 0 radical (unpaired) electrons. The molecular weight excluding hydrogens is 226 g/mol. The second kappa shape index (κ2) is 4.18. The van der Waals surface area contributed by atoms with Crippen molar-refractivity contribution in [1.29, 1.82) is 0 Å². The van der Waals surface area contributed by atoms with Gasteiger partial charge >= 0.3 is 0 Å². The Kier molecular flexibility index (Phi) is 2.52. The standard InChI is InChI=1S/C15H13NO2/c1-11-2-5-15-12(8-11)6-7-16(15)9-13-3-4-14(10-17)18-13/h2-8,10H,9H2,1H3. The average molecular weight is 239 g/mol. The maximum Gasteiger partial charge on any atom is 0.185 e. The topological polar surface area (TPSA) is 35.1 Å². The minimum atomic E-state index is 0.373. The second-order valence-electron chi connectivity index (χ2n) is 4.43. The lowest BCUT2D eigenvalue weighted by atomic mass is 10.2. The van der Waals surface area contributed by atoms with Gasteiger partial charge in [-0.3, -0.25) is 4.79 Å². The fourth-order valence-corrected chi connectivity index (χ4v) is 2.17. The minimum Gasteiger partial charge on any atom is -0.456 e. The van der Waals surface area contributed by atoms with E-state index in [4.69, 9.17) is 4.42 Å². The molecule has 0 atom stereocenters. The summed E-state index contributed by atoms with van der Waals surface area (Å²) in [6.45, 7) is 2.72. The van der Waals surface area contributed by atoms with Gasteiger partial charge in [-0.15, -0.1) is 0 Å². The molecule has 0 amide bonds. The molecule has 0 N–H and O–H groups in total. The van der Waals surface area contributed by atoms with Gasteiger partial charge in [0.2, 0.25) is 0 Å². The Hall–Kier alpha value is -2.29. The first-order valence-electron chi connectivity index (χ1n) is 5.85. The number of aromatic nitrogens is 1. The summed E-state index contributed by atoms with van der Waals surface area (Å²) in [4.78, 5) is 10.6. The molecule has 0 saturated heterocycles. The molecule has 3 heteroatoms. The highest BCUT2D eigenvalue weighted by atomic mass is 16.3. The Morgan fingerprint density at radius 1 is 1.22 bits per heavy atom. The Morgan fingerprint density at radius 2 is 2.11 bits per heavy atom. The van der Waals surface area contributed by atoms with E-state index in [-0.39, 0.29) is 0 Å². The van der Waals surface area contributed by atoms with Crippen LogP contribution in [0, 0.1) is 6.92 Å². The summed E-state index contributed by atoms with van der Waals surface area (Å²) in [5, 5.41) is 1.22. The van der Waals surface area contributed by atoms with Crippen LogP contribution in [0.1, 0.15) is 21.9 Å². The van der Waals surface area contributed by atoms with Gasteiger partial charge in [-0.25, -0.2) is 0 Å². The zero-order valence-corrected chi connectivity index (χ0v) is 10.1. The van der Waals surface area contributed by atoms with E-state index in [9.17, 15) is 4.79 Å². The Balaban J connectivity index is 1.97. The van der Waals surface area contributed by atoms with Gasteiger partial charge in [-0.1, -0.05) is 11.6 Å². The first-order valence-corrected chi connectivity index (χ1v) is 5.85. The van der Waals surface area contributed by atoms with Crippen LogP contribution in [0.5, 0.6) is 0 Å². The normalized spacial score (nSPS) is 10.9. The Bertz CT molecular complexity index is 706. The lowest BCUT2D eigenvalue weighted by Gasteiger charge is -2.03. The molecule has 3 aromatic rings. The van der Waals surface area contributed by atoms with Crippen LogP contribution in [0.2, 0.25) is 0 Å². The van der Waals surface area contributed by atoms with Crippen LogP contribution in [0.25, 0.3) is 10.9 Å². The van der Waals surface area contributed by atoms with Gasteiger partial charge in [0.25, 0.3) is 0 Å². The molecule has 1 aromatic carbocycles. The number of carbonyl (C=O) groups excluding carboxylic acids is 1. The fraction of sp³-hybridized carbons (Fsp3) is 0.133. The predicted octanol–water partition coefficient (Wildman–Crippen LogP) is 3.40. The predicted molar refractivity (Wildman–Crippen MR) is 69.9 cm³/mol. The van der Waals surface area contributed by atoms with E-state index in [1.54, 1.807) is 6.07 Å². The van der Waals surface area contributed by atoms with Crippen LogP contribution in [0.4, 0.5) is 0 Å². The van der Waals surface area contributed by atoms with Gasteiger partial charge < -0.3 is 8.98 Å². The third-order valence-electron chi connectivity index (χ3n) is 3.05. The second-order valence-corrected chi connectivity index (χ2v) is 4.43. The average Bonchev–Trinajstić information content (AvgIpc) is 2.97. The molecule has 0 saturated carbocycles. The zero-order chi connectivity index (χ0) is 12.5. The first-order chi connectivity index (χ1) is 8.76. The number of aldehydes is 1. The molecule has 90 valence electrons. The van der Waals surface area contributed by atoms with Gasteiger partial charge in [0.1, 0.15) is 5.76 Å². The van der Waals surface area contributed by atoms with Crippen molar-refractivity contribution in [2.45, 2.75) is 13.5 Å². The zero-order valence-electron chi connectivity index (χ0n) is 10.1. The van der Waals surface area contributed by atoms with Crippen molar-refractivity contribution in [3.05, 3.63) is 59.7 Å². The van der Waals surface area contributed by atoms with Crippen molar-refractivity contribution in [2.24, 2.45) is 0 Å². The number of aryl methyl sites for hydroxylation is 1. The lowest BCUT2D eigenvalue weighted by Crippen LogP contribution is -1.96. The number of hydrogen-bond donors (Lipinski definition) is 0. The van der Waals surface area contributed by atoms with Crippen molar-refractivity contribution in [1.82, 2.24) is 4.57 Å². The van der Waals surface area contributed by atoms with Crippen LogP contribution >= 0.6 is 0 Å². The molecule has 3 nitrogen and oxygen atoms in total. The highest BCUT2D eigenvalue weighted by Gasteiger charge is 2.05. The Labute approximate surface area is 105 Å². The van der Waals surface area contributed by atoms with E-state index in [1.165, 1.54) is 16.5 Å². The molecule has 2 aromatic heterocycles. The van der Waals surface area contributed by atoms with Crippen LogP contribution in [0.3, 0.4) is 0 Å². The van der Waals surface area contributed by atoms with Crippen LogP contribution in [0.15, 0.2) is 47.0 Å².